The normalized spacial score (nSPS) is 15.8. The number of hydrogen-bond donors (Lipinski definition) is 2. The highest BCUT2D eigenvalue weighted by atomic mass is 32.1. The Bertz CT molecular complexity index is 909. The molecule has 1 heterocycles. The molecule has 0 spiro atoms. The van der Waals surface area contributed by atoms with Crippen LogP contribution in [0.5, 0.6) is 0 Å². The number of halogens is 1. The smallest absolute Gasteiger partial charge is 0.275 e. The summed E-state index contributed by atoms with van der Waals surface area (Å²) in [5, 5.41) is 5.23. The summed E-state index contributed by atoms with van der Waals surface area (Å²) >= 11 is 1.64. The summed E-state index contributed by atoms with van der Waals surface area (Å²) in [5.41, 5.74) is 1.75. The van der Waals surface area contributed by atoms with Crippen molar-refractivity contribution in [2.45, 2.75) is 31.5 Å². The number of benzene rings is 2. The first-order valence-corrected chi connectivity index (χ1v) is 10.5. The lowest BCUT2D eigenvalue weighted by Crippen LogP contribution is -3.13. The molecule has 0 aliphatic heterocycles. The van der Waals surface area contributed by atoms with Gasteiger partial charge in [-0.2, -0.15) is 0 Å². The zero-order valence-electron chi connectivity index (χ0n) is 15.6. The minimum Gasteiger partial charge on any atom is -0.339 e. The van der Waals surface area contributed by atoms with Gasteiger partial charge in [0.1, 0.15) is 12.4 Å². The van der Waals surface area contributed by atoms with Crippen LogP contribution in [0.3, 0.4) is 0 Å². The van der Waals surface area contributed by atoms with E-state index in [9.17, 15) is 9.18 Å². The van der Waals surface area contributed by atoms with Crippen LogP contribution >= 0.6 is 11.3 Å². The number of amides is 1. The molecule has 3 aromatic rings. The molecule has 0 bridgehead atoms. The van der Waals surface area contributed by atoms with Gasteiger partial charge in [-0.05, 0) is 23.1 Å². The average Bonchev–Trinajstić information content (AvgIpc) is 3.42. The second-order valence-corrected chi connectivity index (χ2v) is 8.28. The van der Waals surface area contributed by atoms with E-state index in [1.165, 1.54) is 6.07 Å². The van der Waals surface area contributed by atoms with E-state index >= 15 is 0 Å². The van der Waals surface area contributed by atoms with Gasteiger partial charge in [0.15, 0.2) is 6.54 Å². The van der Waals surface area contributed by atoms with Crippen LogP contribution < -0.4 is 10.2 Å². The third-order valence-electron chi connectivity index (χ3n) is 5.18. The van der Waals surface area contributed by atoms with Crippen molar-refractivity contribution in [1.82, 2.24) is 5.32 Å². The maximum Gasteiger partial charge on any atom is 0.275 e. The lowest BCUT2D eigenvalue weighted by atomic mass is 10.1. The van der Waals surface area contributed by atoms with Crippen LogP contribution in [0.25, 0.3) is 0 Å². The van der Waals surface area contributed by atoms with Gasteiger partial charge in [0.05, 0.1) is 12.1 Å². The van der Waals surface area contributed by atoms with Gasteiger partial charge in [-0.25, -0.2) is 4.39 Å². The summed E-state index contributed by atoms with van der Waals surface area (Å²) in [6.07, 6.45) is 2.20. The SMILES string of the molecule is O=C(C[NH+](Cc1ccccc1F)C1CC1)N[C@H](c1ccccc1)c1cccs1. The highest BCUT2D eigenvalue weighted by Crippen LogP contribution is 2.25. The van der Waals surface area contributed by atoms with Gasteiger partial charge in [0.25, 0.3) is 5.91 Å². The lowest BCUT2D eigenvalue weighted by Gasteiger charge is -2.22. The Kier molecular flexibility index (Phi) is 5.84. The van der Waals surface area contributed by atoms with E-state index < -0.39 is 0 Å². The van der Waals surface area contributed by atoms with E-state index in [1.54, 1.807) is 17.4 Å². The molecule has 1 aromatic heterocycles. The Morgan fingerprint density at radius 3 is 2.50 bits per heavy atom. The number of carbonyl (C=O) groups excluding carboxylic acids is 1. The molecule has 2 atom stereocenters. The van der Waals surface area contributed by atoms with Gasteiger partial charge in [-0.15, -0.1) is 11.3 Å². The van der Waals surface area contributed by atoms with E-state index in [-0.39, 0.29) is 17.8 Å². The number of rotatable bonds is 8. The van der Waals surface area contributed by atoms with Crippen molar-refractivity contribution in [3.05, 3.63) is 93.9 Å². The molecular formula is C23H24FN2OS+. The number of carbonyl (C=O) groups is 1. The van der Waals surface area contributed by atoms with Gasteiger partial charge in [0.2, 0.25) is 0 Å². The van der Waals surface area contributed by atoms with E-state index in [4.69, 9.17) is 0 Å². The zero-order chi connectivity index (χ0) is 19.3. The molecule has 28 heavy (non-hydrogen) atoms. The summed E-state index contributed by atoms with van der Waals surface area (Å²) in [4.78, 5) is 15.2. The lowest BCUT2D eigenvalue weighted by molar-refractivity contribution is -0.917. The molecule has 5 heteroatoms. The van der Waals surface area contributed by atoms with E-state index in [1.807, 2.05) is 60.0 Å². The molecule has 3 nitrogen and oxygen atoms in total. The molecule has 1 fully saturated rings. The number of hydrogen-bond acceptors (Lipinski definition) is 2. The minimum atomic E-state index is -0.193. The van der Waals surface area contributed by atoms with Crippen LogP contribution in [0.4, 0.5) is 4.39 Å². The average molecular weight is 396 g/mol. The molecular weight excluding hydrogens is 371 g/mol. The molecule has 144 valence electrons. The highest BCUT2D eigenvalue weighted by Gasteiger charge is 2.35. The summed E-state index contributed by atoms with van der Waals surface area (Å²) in [6.45, 7) is 0.896. The first-order chi connectivity index (χ1) is 13.7. The van der Waals surface area contributed by atoms with Gasteiger partial charge in [-0.1, -0.05) is 54.6 Å². The number of quaternary nitrogens is 1. The van der Waals surface area contributed by atoms with Crippen molar-refractivity contribution in [2.75, 3.05) is 6.54 Å². The van der Waals surface area contributed by atoms with Crippen LogP contribution in [-0.2, 0) is 11.3 Å². The number of thiophene rings is 1. The van der Waals surface area contributed by atoms with Crippen molar-refractivity contribution >= 4 is 17.2 Å². The van der Waals surface area contributed by atoms with Gasteiger partial charge < -0.3 is 10.2 Å². The fourth-order valence-electron chi connectivity index (χ4n) is 3.57. The van der Waals surface area contributed by atoms with E-state index in [2.05, 4.69) is 5.32 Å². The molecule has 4 rings (SSSR count). The van der Waals surface area contributed by atoms with Crippen molar-refractivity contribution < 1.29 is 14.1 Å². The quantitative estimate of drug-likeness (QED) is 0.603. The summed E-state index contributed by atoms with van der Waals surface area (Å²) in [5.74, 6) is -0.192. The van der Waals surface area contributed by atoms with Gasteiger partial charge in [-0.3, -0.25) is 4.79 Å². The van der Waals surface area contributed by atoms with Crippen molar-refractivity contribution in [3.8, 4) is 0 Å². The standard InChI is InChI=1S/C23H23FN2OS/c24-20-10-5-4-9-18(20)15-26(19-12-13-19)16-22(27)25-23(21-11-6-14-28-21)17-7-2-1-3-8-17/h1-11,14,19,23H,12-13,15-16H2,(H,25,27)/p+1/t23-/m1/s1. The topological polar surface area (TPSA) is 33.5 Å². The van der Waals surface area contributed by atoms with Crippen molar-refractivity contribution in [1.29, 1.82) is 0 Å². The van der Waals surface area contributed by atoms with E-state index in [0.717, 1.165) is 28.2 Å². The van der Waals surface area contributed by atoms with Crippen LogP contribution in [0, 0.1) is 5.82 Å². The minimum absolute atomic E-state index is 0.000456. The molecule has 0 radical (unpaired) electrons. The summed E-state index contributed by atoms with van der Waals surface area (Å²) in [6, 6.07) is 21.2. The highest BCUT2D eigenvalue weighted by molar-refractivity contribution is 7.10. The third kappa shape index (κ3) is 4.66. The zero-order valence-corrected chi connectivity index (χ0v) is 16.4. The monoisotopic (exact) mass is 395 g/mol. The Labute approximate surface area is 168 Å². The van der Waals surface area contributed by atoms with Gasteiger partial charge in [0, 0.05) is 23.3 Å². The van der Waals surface area contributed by atoms with Crippen LogP contribution in [0.2, 0.25) is 0 Å². The Hall–Kier alpha value is -2.50. The predicted octanol–water partition coefficient (Wildman–Crippen LogP) is 3.34. The molecule has 1 amide bonds. The first-order valence-electron chi connectivity index (χ1n) is 9.66. The maximum absolute atomic E-state index is 14.1. The van der Waals surface area contributed by atoms with Gasteiger partial charge >= 0.3 is 0 Å². The number of nitrogens with one attached hydrogen (secondary N) is 2. The molecule has 1 aliphatic rings. The molecule has 0 saturated heterocycles. The summed E-state index contributed by atoms with van der Waals surface area (Å²) in [7, 11) is 0. The Morgan fingerprint density at radius 1 is 1.07 bits per heavy atom. The largest absolute Gasteiger partial charge is 0.339 e. The molecule has 1 unspecified atom stereocenters. The molecule has 2 N–H and O–H groups in total. The molecule has 1 aliphatic carbocycles. The van der Waals surface area contributed by atoms with Crippen molar-refractivity contribution in [3.63, 3.8) is 0 Å². The third-order valence-corrected chi connectivity index (χ3v) is 6.12. The predicted molar refractivity (Wildman–Crippen MR) is 110 cm³/mol. The molecule has 1 saturated carbocycles. The fourth-order valence-corrected chi connectivity index (χ4v) is 4.37. The maximum atomic E-state index is 14.1. The van der Waals surface area contributed by atoms with Crippen LogP contribution in [-0.4, -0.2) is 18.5 Å². The Balaban J connectivity index is 1.47. The van der Waals surface area contributed by atoms with Crippen LogP contribution in [0.1, 0.15) is 34.9 Å². The molecule has 2 aromatic carbocycles. The van der Waals surface area contributed by atoms with Crippen molar-refractivity contribution in [2.24, 2.45) is 0 Å². The second-order valence-electron chi connectivity index (χ2n) is 7.30. The summed E-state index contributed by atoms with van der Waals surface area (Å²) < 4.78 is 14.1. The fraction of sp³-hybridized carbons (Fsp3) is 0.261. The first kappa shape index (κ1) is 18.8. The van der Waals surface area contributed by atoms with Crippen LogP contribution in [0.15, 0.2) is 72.1 Å². The Morgan fingerprint density at radius 2 is 1.82 bits per heavy atom. The second kappa shape index (κ2) is 8.67. The van der Waals surface area contributed by atoms with E-state index in [0.29, 0.717) is 24.7 Å².